The van der Waals surface area contributed by atoms with Crippen LogP contribution in [0.3, 0.4) is 0 Å². The lowest BCUT2D eigenvalue weighted by Gasteiger charge is -2.37. The van der Waals surface area contributed by atoms with Crippen LogP contribution in [0.2, 0.25) is 0 Å². The van der Waals surface area contributed by atoms with Crippen molar-refractivity contribution in [2.75, 3.05) is 39.3 Å². The number of likely N-dealkylation sites (tertiary alicyclic amines) is 2. The topological polar surface area (TPSA) is 81.3 Å². The number of carbonyl (C=O) groups is 2. The van der Waals surface area contributed by atoms with Crippen molar-refractivity contribution in [3.05, 3.63) is 65.2 Å². The van der Waals surface area contributed by atoms with Gasteiger partial charge < -0.3 is 20.1 Å². The maximum atomic E-state index is 14.0. The van der Waals surface area contributed by atoms with Crippen LogP contribution in [-0.2, 0) is 5.41 Å². The van der Waals surface area contributed by atoms with E-state index in [1.54, 1.807) is 23.1 Å². The number of halogens is 1. The molecule has 7 nitrogen and oxygen atoms in total. The molecule has 0 saturated carbocycles. The number of piperidine rings is 2. The Morgan fingerprint density at radius 3 is 2.31 bits per heavy atom. The van der Waals surface area contributed by atoms with Crippen LogP contribution in [0.5, 0.6) is 0 Å². The summed E-state index contributed by atoms with van der Waals surface area (Å²) in [4.78, 5) is 38.2. The number of H-pyrrole nitrogens is 1. The SMILES string of the molecule is CC(C)(C)c1nc2c(C(=O)NCC3CCN(CC4CCN(C(=O)c5ccccc5F)CC4)CC3)cccc2[nH]1. The van der Waals surface area contributed by atoms with Gasteiger partial charge in [-0.25, -0.2) is 9.37 Å². The molecule has 0 unspecified atom stereocenters. The van der Waals surface area contributed by atoms with Crippen molar-refractivity contribution in [2.45, 2.75) is 51.9 Å². The summed E-state index contributed by atoms with van der Waals surface area (Å²) in [6.45, 7) is 11.4. The fourth-order valence-corrected chi connectivity index (χ4v) is 5.76. The van der Waals surface area contributed by atoms with E-state index in [2.05, 4.69) is 36.0 Å². The molecule has 0 aliphatic carbocycles. The fourth-order valence-electron chi connectivity index (χ4n) is 5.76. The molecule has 39 heavy (non-hydrogen) atoms. The molecule has 2 N–H and O–H groups in total. The summed E-state index contributed by atoms with van der Waals surface area (Å²) in [6.07, 6.45) is 4.02. The smallest absolute Gasteiger partial charge is 0.256 e. The Morgan fingerprint density at radius 1 is 0.949 bits per heavy atom. The molecule has 2 saturated heterocycles. The van der Waals surface area contributed by atoms with Crippen molar-refractivity contribution in [2.24, 2.45) is 11.8 Å². The lowest BCUT2D eigenvalue weighted by atomic mass is 9.92. The first kappa shape index (κ1) is 27.3. The Hall–Kier alpha value is -3.26. The molecule has 0 radical (unpaired) electrons. The van der Waals surface area contributed by atoms with Crippen LogP contribution < -0.4 is 5.32 Å². The van der Waals surface area contributed by atoms with E-state index in [0.717, 1.165) is 62.2 Å². The number of fused-ring (bicyclic) bond motifs is 1. The molecule has 2 amide bonds. The number of aromatic amines is 1. The number of hydrogen-bond donors (Lipinski definition) is 2. The Balaban J connectivity index is 1.06. The molecule has 5 rings (SSSR count). The molecule has 2 aliphatic heterocycles. The van der Waals surface area contributed by atoms with Crippen molar-refractivity contribution < 1.29 is 14.0 Å². The highest BCUT2D eigenvalue weighted by Gasteiger charge is 2.28. The maximum absolute atomic E-state index is 14.0. The average molecular weight is 534 g/mol. The largest absolute Gasteiger partial charge is 0.352 e. The number of nitrogens with zero attached hydrogens (tertiary/aromatic N) is 3. The molecule has 0 bridgehead atoms. The first-order valence-corrected chi connectivity index (χ1v) is 14.2. The molecule has 3 aromatic rings. The van der Waals surface area contributed by atoms with Gasteiger partial charge >= 0.3 is 0 Å². The van der Waals surface area contributed by atoms with Crippen molar-refractivity contribution in [1.82, 2.24) is 25.1 Å². The van der Waals surface area contributed by atoms with Gasteiger partial charge in [-0.1, -0.05) is 39.0 Å². The standard InChI is InChI=1S/C31H40FN5O2/c1-31(2,3)30-34-26-10-6-8-24(27(26)35-30)28(38)33-19-21-11-15-36(16-12-21)20-22-13-17-37(18-14-22)29(39)23-7-4-5-9-25(23)32/h4-10,21-22H,11-20H2,1-3H3,(H,33,38)(H,34,35). The van der Waals surface area contributed by atoms with E-state index in [0.29, 0.717) is 37.0 Å². The molecule has 8 heteroatoms. The predicted octanol–water partition coefficient (Wildman–Crippen LogP) is 4.99. The number of amides is 2. The Kier molecular flexibility index (Phi) is 8.03. The summed E-state index contributed by atoms with van der Waals surface area (Å²) in [7, 11) is 0. The highest BCUT2D eigenvalue weighted by molar-refractivity contribution is 6.04. The first-order valence-electron chi connectivity index (χ1n) is 14.2. The van der Waals surface area contributed by atoms with Gasteiger partial charge in [-0.15, -0.1) is 0 Å². The molecule has 3 heterocycles. The minimum atomic E-state index is -0.448. The molecule has 2 aromatic carbocycles. The molecule has 2 fully saturated rings. The van der Waals surface area contributed by atoms with Gasteiger partial charge in [0.05, 0.1) is 16.6 Å². The molecule has 2 aliphatic rings. The normalized spacial score (nSPS) is 18.0. The van der Waals surface area contributed by atoms with Crippen LogP contribution in [-0.4, -0.2) is 70.9 Å². The summed E-state index contributed by atoms with van der Waals surface area (Å²) in [5.41, 5.74) is 2.30. The van der Waals surface area contributed by atoms with Crippen LogP contribution in [0.15, 0.2) is 42.5 Å². The number of imidazole rings is 1. The number of carbonyl (C=O) groups excluding carboxylic acids is 2. The van der Waals surface area contributed by atoms with E-state index in [4.69, 9.17) is 4.98 Å². The van der Waals surface area contributed by atoms with Gasteiger partial charge in [-0.3, -0.25) is 9.59 Å². The van der Waals surface area contributed by atoms with Crippen molar-refractivity contribution in [1.29, 1.82) is 0 Å². The highest BCUT2D eigenvalue weighted by atomic mass is 19.1. The van der Waals surface area contributed by atoms with Gasteiger partial charge in [0, 0.05) is 31.6 Å². The first-order chi connectivity index (χ1) is 18.7. The maximum Gasteiger partial charge on any atom is 0.256 e. The summed E-state index contributed by atoms with van der Waals surface area (Å²) < 4.78 is 14.0. The minimum Gasteiger partial charge on any atom is -0.352 e. The summed E-state index contributed by atoms with van der Waals surface area (Å²) >= 11 is 0. The lowest BCUT2D eigenvalue weighted by Crippen LogP contribution is -2.44. The number of para-hydroxylation sites is 1. The van der Waals surface area contributed by atoms with E-state index >= 15 is 0 Å². The van der Waals surface area contributed by atoms with Gasteiger partial charge in [-0.05, 0) is 74.9 Å². The molecule has 1 aromatic heterocycles. The molecular formula is C31H40FN5O2. The molecular weight excluding hydrogens is 493 g/mol. The van der Waals surface area contributed by atoms with Crippen LogP contribution in [0.4, 0.5) is 4.39 Å². The average Bonchev–Trinajstić information content (AvgIpc) is 3.38. The lowest BCUT2D eigenvalue weighted by molar-refractivity contribution is 0.0647. The Morgan fingerprint density at radius 2 is 1.62 bits per heavy atom. The second-order valence-electron chi connectivity index (χ2n) is 12.2. The number of nitrogens with one attached hydrogen (secondary N) is 2. The Labute approximate surface area is 230 Å². The van der Waals surface area contributed by atoms with Crippen LogP contribution in [0.1, 0.15) is 73.0 Å². The van der Waals surface area contributed by atoms with E-state index < -0.39 is 5.82 Å². The van der Waals surface area contributed by atoms with E-state index in [1.807, 2.05) is 18.2 Å². The van der Waals surface area contributed by atoms with Gasteiger partial charge in [0.25, 0.3) is 11.8 Å². The molecule has 0 atom stereocenters. The number of aromatic nitrogens is 2. The van der Waals surface area contributed by atoms with E-state index in [-0.39, 0.29) is 22.8 Å². The van der Waals surface area contributed by atoms with Crippen molar-refractivity contribution in [3.8, 4) is 0 Å². The van der Waals surface area contributed by atoms with Crippen molar-refractivity contribution >= 4 is 22.8 Å². The van der Waals surface area contributed by atoms with Crippen LogP contribution >= 0.6 is 0 Å². The second-order valence-corrected chi connectivity index (χ2v) is 12.2. The van der Waals surface area contributed by atoms with Gasteiger partial charge in [0.2, 0.25) is 0 Å². The van der Waals surface area contributed by atoms with Crippen molar-refractivity contribution in [3.63, 3.8) is 0 Å². The van der Waals surface area contributed by atoms with Gasteiger partial charge in [-0.2, -0.15) is 0 Å². The van der Waals surface area contributed by atoms with Crippen LogP contribution in [0, 0.1) is 17.7 Å². The third-order valence-corrected chi connectivity index (χ3v) is 8.25. The Bertz CT molecular complexity index is 1310. The predicted molar refractivity (Wildman–Crippen MR) is 151 cm³/mol. The van der Waals surface area contributed by atoms with Gasteiger partial charge in [0.15, 0.2) is 0 Å². The fraction of sp³-hybridized carbons (Fsp3) is 0.516. The second kappa shape index (κ2) is 11.5. The summed E-state index contributed by atoms with van der Waals surface area (Å²) in [5, 5.41) is 3.16. The summed E-state index contributed by atoms with van der Waals surface area (Å²) in [5.74, 6) is 1.19. The minimum absolute atomic E-state index is 0.0633. The molecule has 0 spiro atoms. The number of benzene rings is 2. The summed E-state index contributed by atoms with van der Waals surface area (Å²) in [6, 6.07) is 12.0. The third-order valence-electron chi connectivity index (χ3n) is 8.25. The monoisotopic (exact) mass is 533 g/mol. The van der Waals surface area contributed by atoms with Gasteiger partial charge in [0.1, 0.15) is 17.2 Å². The quantitative estimate of drug-likeness (QED) is 0.468. The zero-order valence-electron chi connectivity index (χ0n) is 23.3. The van der Waals surface area contributed by atoms with Crippen LogP contribution in [0.25, 0.3) is 11.0 Å². The molecule has 208 valence electrons. The zero-order chi connectivity index (χ0) is 27.6. The zero-order valence-corrected chi connectivity index (χ0v) is 23.3. The number of hydrogen-bond acceptors (Lipinski definition) is 4. The number of rotatable bonds is 6. The van der Waals surface area contributed by atoms with E-state index in [9.17, 15) is 14.0 Å². The van der Waals surface area contributed by atoms with E-state index in [1.165, 1.54) is 6.07 Å². The highest BCUT2D eigenvalue weighted by Crippen LogP contribution is 2.26. The third kappa shape index (κ3) is 6.32.